The van der Waals surface area contributed by atoms with Crippen LogP contribution in [0.3, 0.4) is 0 Å². The Bertz CT molecular complexity index is 1040. The number of hydrogen-bond donors (Lipinski definition) is 0. The van der Waals surface area contributed by atoms with Crippen LogP contribution in [-0.4, -0.2) is 50.9 Å². The summed E-state index contributed by atoms with van der Waals surface area (Å²) in [7, 11) is 1.84. The molecule has 3 aromatic rings. The number of rotatable bonds is 4. The Hall–Kier alpha value is -3.22. The van der Waals surface area contributed by atoms with Crippen LogP contribution in [0.1, 0.15) is 35.2 Å². The molecule has 1 aliphatic heterocycles. The third-order valence-electron chi connectivity index (χ3n) is 5.42. The van der Waals surface area contributed by atoms with Gasteiger partial charge in [0.25, 0.3) is 5.91 Å². The van der Waals surface area contributed by atoms with Crippen LogP contribution in [0.5, 0.6) is 0 Å². The first-order chi connectivity index (χ1) is 14.0. The molecule has 29 heavy (non-hydrogen) atoms. The van der Waals surface area contributed by atoms with Crippen molar-refractivity contribution in [2.24, 2.45) is 7.05 Å². The minimum absolute atomic E-state index is 0.0124. The highest BCUT2D eigenvalue weighted by Gasteiger charge is 2.26. The molecule has 1 aliphatic rings. The summed E-state index contributed by atoms with van der Waals surface area (Å²) >= 11 is 0. The molecule has 2 aromatic heterocycles. The Morgan fingerprint density at radius 2 is 1.76 bits per heavy atom. The van der Waals surface area contributed by atoms with Gasteiger partial charge < -0.3 is 9.47 Å². The Morgan fingerprint density at radius 3 is 2.48 bits per heavy atom. The number of aromatic nitrogens is 3. The third kappa shape index (κ3) is 3.85. The molecule has 0 spiro atoms. The van der Waals surface area contributed by atoms with E-state index >= 15 is 0 Å². The Balaban J connectivity index is 1.69. The van der Waals surface area contributed by atoms with E-state index in [9.17, 15) is 9.59 Å². The number of hydrogen-bond acceptors (Lipinski definition) is 4. The number of carbonyl (C=O) groups excluding carboxylic acids is 2. The monoisotopic (exact) mass is 391 g/mol. The molecule has 1 fully saturated rings. The minimum Gasteiger partial charge on any atom is -0.341 e. The summed E-state index contributed by atoms with van der Waals surface area (Å²) in [6.45, 7) is 3.52. The van der Waals surface area contributed by atoms with Gasteiger partial charge in [0.15, 0.2) is 5.65 Å². The Labute approximate surface area is 170 Å². The summed E-state index contributed by atoms with van der Waals surface area (Å²) in [5.41, 5.74) is 3.43. The van der Waals surface area contributed by atoms with Gasteiger partial charge in [0.1, 0.15) is 12.1 Å². The van der Waals surface area contributed by atoms with Crippen LogP contribution in [0.4, 0.5) is 5.69 Å². The lowest BCUT2D eigenvalue weighted by molar-refractivity contribution is -0.130. The number of benzene rings is 1. The molecule has 0 atom stereocenters. The molecular weight excluding hydrogens is 366 g/mol. The number of anilines is 1. The zero-order chi connectivity index (χ0) is 20.4. The lowest BCUT2D eigenvalue weighted by Crippen LogP contribution is -2.45. The first-order valence-corrected chi connectivity index (χ1v) is 9.97. The van der Waals surface area contributed by atoms with E-state index in [1.54, 1.807) is 28.1 Å². The van der Waals surface area contributed by atoms with Crippen molar-refractivity contribution in [3.8, 4) is 0 Å². The summed E-state index contributed by atoms with van der Waals surface area (Å²) in [4.78, 5) is 38.6. The number of amides is 2. The fourth-order valence-electron chi connectivity index (χ4n) is 3.73. The molecule has 0 aliphatic carbocycles. The topological polar surface area (TPSA) is 71.3 Å². The number of carbonyl (C=O) groups is 2. The zero-order valence-electron chi connectivity index (χ0n) is 16.8. The van der Waals surface area contributed by atoms with Gasteiger partial charge in [-0.1, -0.05) is 17.7 Å². The molecule has 0 radical (unpaired) electrons. The molecule has 150 valence electrons. The van der Waals surface area contributed by atoms with Crippen molar-refractivity contribution in [2.75, 3.05) is 24.5 Å². The van der Waals surface area contributed by atoms with Crippen molar-refractivity contribution in [3.05, 3.63) is 54.0 Å². The van der Waals surface area contributed by atoms with E-state index in [0.29, 0.717) is 22.4 Å². The number of nitrogens with zero attached hydrogens (tertiary/aromatic N) is 5. The molecule has 0 unspecified atom stereocenters. The molecule has 1 aromatic carbocycles. The summed E-state index contributed by atoms with van der Waals surface area (Å²) in [6.07, 6.45) is 6.44. The van der Waals surface area contributed by atoms with E-state index in [1.807, 2.05) is 43.1 Å². The van der Waals surface area contributed by atoms with Gasteiger partial charge >= 0.3 is 0 Å². The van der Waals surface area contributed by atoms with Crippen molar-refractivity contribution in [2.45, 2.75) is 26.2 Å². The number of likely N-dealkylation sites (tertiary alicyclic amines) is 1. The summed E-state index contributed by atoms with van der Waals surface area (Å²) in [5.74, 6) is -0.268. The lowest BCUT2D eigenvalue weighted by Gasteiger charge is -2.30. The van der Waals surface area contributed by atoms with Crippen molar-refractivity contribution >= 4 is 28.7 Å². The van der Waals surface area contributed by atoms with Gasteiger partial charge in [-0.3, -0.25) is 14.5 Å². The fourth-order valence-corrected chi connectivity index (χ4v) is 3.73. The predicted octanol–water partition coefficient (Wildman–Crippen LogP) is 2.94. The summed E-state index contributed by atoms with van der Waals surface area (Å²) in [6, 6.07) is 9.33. The maximum atomic E-state index is 13.5. The first-order valence-electron chi connectivity index (χ1n) is 9.97. The molecule has 0 N–H and O–H groups in total. The average molecular weight is 391 g/mol. The van der Waals surface area contributed by atoms with Crippen molar-refractivity contribution < 1.29 is 9.59 Å². The van der Waals surface area contributed by atoms with E-state index in [0.717, 1.165) is 37.9 Å². The van der Waals surface area contributed by atoms with Crippen molar-refractivity contribution in [3.63, 3.8) is 0 Å². The fraction of sp³-hybridized carbons (Fsp3) is 0.364. The van der Waals surface area contributed by atoms with Gasteiger partial charge in [0, 0.05) is 32.0 Å². The Morgan fingerprint density at radius 1 is 1.03 bits per heavy atom. The SMILES string of the molecule is Cc1ccc(N(CC(=O)N2CCCCC2)C(=O)c2ccnc3c2ncn3C)cc1. The molecule has 7 heteroatoms. The van der Waals surface area contributed by atoms with Gasteiger partial charge in [-0.2, -0.15) is 0 Å². The number of piperidine rings is 1. The number of fused-ring (bicyclic) bond motifs is 1. The number of imidazole rings is 1. The summed E-state index contributed by atoms with van der Waals surface area (Å²) < 4.78 is 1.78. The van der Waals surface area contributed by atoms with Crippen LogP contribution in [0, 0.1) is 6.92 Å². The third-order valence-corrected chi connectivity index (χ3v) is 5.42. The van der Waals surface area contributed by atoms with Gasteiger partial charge in [-0.15, -0.1) is 0 Å². The standard InChI is InChI=1S/C22H25N5O2/c1-16-6-8-17(9-7-16)27(14-19(28)26-12-4-3-5-13-26)22(29)18-10-11-23-21-20(18)24-15-25(21)2/h6-11,15H,3-5,12-14H2,1-2H3. The van der Waals surface area contributed by atoms with E-state index in [-0.39, 0.29) is 18.4 Å². The quantitative estimate of drug-likeness (QED) is 0.686. The van der Waals surface area contributed by atoms with Gasteiger partial charge in [0.2, 0.25) is 5.91 Å². The van der Waals surface area contributed by atoms with Gasteiger partial charge in [-0.05, 0) is 44.4 Å². The van der Waals surface area contributed by atoms with Gasteiger partial charge in [-0.25, -0.2) is 9.97 Å². The normalized spacial score (nSPS) is 14.2. The van der Waals surface area contributed by atoms with Crippen LogP contribution in [0.25, 0.3) is 11.2 Å². The highest BCUT2D eigenvalue weighted by Crippen LogP contribution is 2.22. The van der Waals surface area contributed by atoms with Crippen LogP contribution in [0.2, 0.25) is 0 Å². The van der Waals surface area contributed by atoms with E-state index < -0.39 is 0 Å². The molecule has 3 heterocycles. The predicted molar refractivity (Wildman–Crippen MR) is 112 cm³/mol. The van der Waals surface area contributed by atoms with Crippen LogP contribution in [0.15, 0.2) is 42.9 Å². The molecule has 2 amide bonds. The van der Waals surface area contributed by atoms with Crippen LogP contribution in [-0.2, 0) is 11.8 Å². The molecular formula is C22H25N5O2. The number of aryl methyl sites for hydroxylation is 2. The largest absolute Gasteiger partial charge is 0.341 e. The van der Waals surface area contributed by atoms with Gasteiger partial charge in [0.05, 0.1) is 11.9 Å². The molecule has 7 nitrogen and oxygen atoms in total. The summed E-state index contributed by atoms with van der Waals surface area (Å²) in [5, 5.41) is 0. The molecule has 4 rings (SSSR count). The van der Waals surface area contributed by atoms with E-state index in [2.05, 4.69) is 9.97 Å². The molecule has 0 bridgehead atoms. The highest BCUT2D eigenvalue weighted by molar-refractivity contribution is 6.14. The maximum absolute atomic E-state index is 13.5. The van der Waals surface area contributed by atoms with Crippen LogP contribution >= 0.6 is 0 Å². The van der Waals surface area contributed by atoms with Crippen molar-refractivity contribution in [1.82, 2.24) is 19.4 Å². The first kappa shape index (κ1) is 19.1. The Kier molecular flexibility index (Phi) is 5.29. The lowest BCUT2D eigenvalue weighted by atomic mass is 10.1. The molecule has 1 saturated heterocycles. The smallest absolute Gasteiger partial charge is 0.261 e. The number of pyridine rings is 1. The maximum Gasteiger partial charge on any atom is 0.261 e. The zero-order valence-corrected chi connectivity index (χ0v) is 16.8. The van der Waals surface area contributed by atoms with Crippen LogP contribution < -0.4 is 4.90 Å². The van der Waals surface area contributed by atoms with E-state index in [1.165, 1.54) is 0 Å². The highest BCUT2D eigenvalue weighted by atomic mass is 16.2. The minimum atomic E-state index is -0.245. The second kappa shape index (κ2) is 8.03. The van der Waals surface area contributed by atoms with Crippen molar-refractivity contribution in [1.29, 1.82) is 0 Å². The second-order valence-electron chi connectivity index (χ2n) is 7.55. The van der Waals surface area contributed by atoms with E-state index in [4.69, 9.17) is 0 Å². The molecule has 0 saturated carbocycles. The second-order valence-corrected chi connectivity index (χ2v) is 7.55. The average Bonchev–Trinajstić information content (AvgIpc) is 3.14.